The molecule has 5 heteroatoms. The lowest BCUT2D eigenvalue weighted by Crippen LogP contribution is -2.01. The van der Waals surface area contributed by atoms with Gasteiger partial charge in [-0.05, 0) is 23.8 Å². The molecule has 0 unspecified atom stereocenters. The van der Waals surface area contributed by atoms with Gasteiger partial charge in [0.05, 0.1) is 12.1 Å². The second kappa shape index (κ2) is 5.89. The smallest absolute Gasteiger partial charge is 0.165 e. The van der Waals surface area contributed by atoms with Crippen LogP contribution < -0.4 is 10.1 Å². The van der Waals surface area contributed by atoms with Gasteiger partial charge in [-0.1, -0.05) is 23.7 Å². The van der Waals surface area contributed by atoms with Gasteiger partial charge < -0.3 is 10.1 Å². The first-order chi connectivity index (χ1) is 9.11. The zero-order valence-corrected chi connectivity index (χ0v) is 11.0. The molecule has 0 amide bonds. The molecule has 0 heterocycles. The molecule has 0 fully saturated rings. The standard InChI is InChI=1S/C14H12ClF2NO/c1-19-13-7-10(5-6-11(13)16)18-8-9-3-2-4-12(17)14(9)15/h2-7,18H,8H2,1H3. The summed E-state index contributed by atoms with van der Waals surface area (Å²) in [6.07, 6.45) is 0. The van der Waals surface area contributed by atoms with Crippen molar-refractivity contribution in [2.75, 3.05) is 12.4 Å². The SMILES string of the molecule is COc1cc(NCc2cccc(F)c2Cl)ccc1F. The highest BCUT2D eigenvalue weighted by molar-refractivity contribution is 6.31. The Balaban J connectivity index is 2.12. The van der Waals surface area contributed by atoms with E-state index in [1.54, 1.807) is 18.2 Å². The summed E-state index contributed by atoms with van der Waals surface area (Å²) < 4.78 is 31.4. The van der Waals surface area contributed by atoms with E-state index in [0.717, 1.165) is 0 Å². The molecule has 2 aromatic rings. The molecule has 0 spiro atoms. The molecular weight excluding hydrogens is 272 g/mol. The van der Waals surface area contributed by atoms with E-state index >= 15 is 0 Å². The molecule has 2 nitrogen and oxygen atoms in total. The summed E-state index contributed by atoms with van der Waals surface area (Å²) in [7, 11) is 1.39. The van der Waals surface area contributed by atoms with Crippen molar-refractivity contribution < 1.29 is 13.5 Å². The number of rotatable bonds is 4. The van der Waals surface area contributed by atoms with E-state index < -0.39 is 11.6 Å². The van der Waals surface area contributed by atoms with Crippen molar-refractivity contribution >= 4 is 17.3 Å². The van der Waals surface area contributed by atoms with Crippen LogP contribution in [0.15, 0.2) is 36.4 Å². The molecule has 19 heavy (non-hydrogen) atoms. The molecule has 0 aliphatic heterocycles. The Kier molecular flexibility index (Phi) is 4.22. The van der Waals surface area contributed by atoms with Gasteiger partial charge in [0, 0.05) is 18.3 Å². The predicted octanol–water partition coefficient (Wildman–Crippen LogP) is 4.24. The second-order valence-corrected chi connectivity index (χ2v) is 4.29. The molecule has 0 saturated heterocycles. The Bertz CT molecular complexity index is 590. The molecular formula is C14H12ClF2NO. The Morgan fingerprint density at radius 3 is 2.68 bits per heavy atom. The van der Waals surface area contributed by atoms with Crippen molar-refractivity contribution in [2.24, 2.45) is 0 Å². The van der Waals surface area contributed by atoms with Gasteiger partial charge in [-0.15, -0.1) is 0 Å². The molecule has 0 aliphatic carbocycles. The highest BCUT2D eigenvalue weighted by Crippen LogP contribution is 2.24. The van der Waals surface area contributed by atoms with Gasteiger partial charge in [-0.2, -0.15) is 0 Å². The maximum Gasteiger partial charge on any atom is 0.165 e. The van der Waals surface area contributed by atoms with Crippen molar-refractivity contribution in [1.82, 2.24) is 0 Å². The van der Waals surface area contributed by atoms with E-state index in [1.807, 2.05) is 0 Å². The molecule has 0 saturated carbocycles. The van der Waals surface area contributed by atoms with Crippen LogP contribution >= 0.6 is 11.6 Å². The predicted molar refractivity (Wildman–Crippen MR) is 71.7 cm³/mol. The van der Waals surface area contributed by atoms with Crippen LogP contribution in [-0.2, 0) is 6.54 Å². The molecule has 0 bridgehead atoms. The first-order valence-corrected chi connectivity index (χ1v) is 6.00. The topological polar surface area (TPSA) is 21.3 Å². The summed E-state index contributed by atoms with van der Waals surface area (Å²) in [5.41, 5.74) is 1.29. The van der Waals surface area contributed by atoms with Crippen molar-refractivity contribution in [3.63, 3.8) is 0 Å². The van der Waals surface area contributed by atoms with Crippen molar-refractivity contribution in [2.45, 2.75) is 6.54 Å². The van der Waals surface area contributed by atoms with E-state index in [4.69, 9.17) is 16.3 Å². The van der Waals surface area contributed by atoms with Crippen molar-refractivity contribution in [3.05, 3.63) is 58.6 Å². The monoisotopic (exact) mass is 283 g/mol. The zero-order valence-electron chi connectivity index (χ0n) is 10.2. The lowest BCUT2D eigenvalue weighted by molar-refractivity contribution is 0.387. The Labute approximate surface area is 115 Å². The normalized spacial score (nSPS) is 10.3. The largest absolute Gasteiger partial charge is 0.494 e. The van der Waals surface area contributed by atoms with Crippen LogP contribution in [0, 0.1) is 11.6 Å². The third-order valence-electron chi connectivity index (χ3n) is 2.67. The van der Waals surface area contributed by atoms with Crippen LogP contribution in [0.3, 0.4) is 0 Å². The Hall–Kier alpha value is -1.81. The summed E-state index contributed by atoms with van der Waals surface area (Å²) in [4.78, 5) is 0. The summed E-state index contributed by atoms with van der Waals surface area (Å²) in [6, 6.07) is 9.01. The number of nitrogens with one attached hydrogen (secondary N) is 1. The number of hydrogen-bond donors (Lipinski definition) is 1. The van der Waals surface area contributed by atoms with Gasteiger partial charge in [0.25, 0.3) is 0 Å². The number of methoxy groups -OCH3 is 1. The molecule has 0 aromatic heterocycles. The molecule has 0 aliphatic rings. The second-order valence-electron chi connectivity index (χ2n) is 3.92. The maximum absolute atomic E-state index is 13.2. The van der Waals surface area contributed by atoms with E-state index in [2.05, 4.69) is 5.32 Å². The zero-order chi connectivity index (χ0) is 13.8. The minimum absolute atomic E-state index is 0.0871. The average molecular weight is 284 g/mol. The van der Waals surface area contributed by atoms with E-state index in [1.165, 1.54) is 25.3 Å². The van der Waals surface area contributed by atoms with E-state index in [0.29, 0.717) is 17.8 Å². The number of ether oxygens (including phenoxy) is 1. The summed E-state index contributed by atoms with van der Waals surface area (Å²) in [6.45, 7) is 0.339. The fraction of sp³-hybridized carbons (Fsp3) is 0.143. The summed E-state index contributed by atoms with van der Waals surface area (Å²) in [5.74, 6) is -0.746. The lowest BCUT2D eigenvalue weighted by atomic mass is 10.2. The van der Waals surface area contributed by atoms with Gasteiger partial charge in [-0.25, -0.2) is 8.78 Å². The minimum atomic E-state index is -0.461. The lowest BCUT2D eigenvalue weighted by Gasteiger charge is -2.10. The summed E-state index contributed by atoms with van der Waals surface area (Å²) in [5, 5.41) is 3.12. The fourth-order valence-electron chi connectivity index (χ4n) is 1.65. The quantitative estimate of drug-likeness (QED) is 0.906. The molecule has 0 radical (unpaired) electrons. The molecule has 1 N–H and O–H groups in total. The van der Waals surface area contributed by atoms with Crippen molar-refractivity contribution in [3.8, 4) is 5.75 Å². The minimum Gasteiger partial charge on any atom is -0.494 e. The van der Waals surface area contributed by atoms with E-state index in [9.17, 15) is 8.78 Å². The third kappa shape index (κ3) is 3.15. The van der Waals surface area contributed by atoms with Gasteiger partial charge in [0.15, 0.2) is 11.6 Å². The van der Waals surface area contributed by atoms with Crippen LogP contribution in [-0.4, -0.2) is 7.11 Å². The molecule has 2 rings (SSSR count). The van der Waals surface area contributed by atoms with Crippen LogP contribution in [0.4, 0.5) is 14.5 Å². The summed E-state index contributed by atoms with van der Waals surface area (Å²) >= 11 is 5.84. The van der Waals surface area contributed by atoms with Gasteiger partial charge >= 0.3 is 0 Å². The molecule has 2 aromatic carbocycles. The highest BCUT2D eigenvalue weighted by Gasteiger charge is 2.07. The molecule has 100 valence electrons. The Morgan fingerprint density at radius 1 is 1.16 bits per heavy atom. The van der Waals surface area contributed by atoms with Gasteiger partial charge in [0.1, 0.15) is 5.82 Å². The van der Waals surface area contributed by atoms with Crippen LogP contribution in [0.25, 0.3) is 0 Å². The Morgan fingerprint density at radius 2 is 1.95 bits per heavy atom. The average Bonchev–Trinajstić information content (AvgIpc) is 2.42. The number of halogens is 3. The van der Waals surface area contributed by atoms with Crippen LogP contribution in [0.2, 0.25) is 5.02 Å². The van der Waals surface area contributed by atoms with E-state index in [-0.39, 0.29) is 10.8 Å². The van der Waals surface area contributed by atoms with Crippen LogP contribution in [0.5, 0.6) is 5.75 Å². The highest BCUT2D eigenvalue weighted by atomic mass is 35.5. The first-order valence-electron chi connectivity index (χ1n) is 5.62. The van der Waals surface area contributed by atoms with Gasteiger partial charge in [0.2, 0.25) is 0 Å². The maximum atomic E-state index is 13.2. The van der Waals surface area contributed by atoms with Crippen molar-refractivity contribution in [1.29, 1.82) is 0 Å². The first kappa shape index (κ1) is 13.6. The fourth-order valence-corrected chi connectivity index (χ4v) is 1.84. The van der Waals surface area contributed by atoms with Crippen LogP contribution in [0.1, 0.15) is 5.56 Å². The third-order valence-corrected chi connectivity index (χ3v) is 3.09. The number of benzene rings is 2. The number of anilines is 1. The van der Waals surface area contributed by atoms with Gasteiger partial charge in [-0.3, -0.25) is 0 Å². The molecule has 0 atom stereocenters. The number of hydrogen-bond acceptors (Lipinski definition) is 2.